The van der Waals surface area contributed by atoms with E-state index in [0.29, 0.717) is 6.54 Å². The Bertz CT molecular complexity index is 186. The van der Waals surface area contributed by atoms with Crippen LogP contribution in [0.4, 0.5) is 0 Å². The molecule has 1 aromatic carbocycles. The molecule has 0 aliphatic carbocycles. The van der Waals surface area contributed by atoms with E-state index in [-0.39, 0.29) is 0 Å². The lowest BCUT2D eigenvalue weighted by Crippen LogP contribution is -2.52. The number of hydrogen-bond donors (Lipinski definition) is 2. The predicted molar refractivity (Wildman–Crippen MR) is 39.2 cm³/mol. The van der Waals surface area contributed by atoms with Crippen molar-refractivity contribution in [3.63, 3.8) is 0 Å². The lowest BCUT2D eigenvalue weighted by molar-refractivity contribution is -0.385. The van der Waals surface area contributed by atoms with Crippen LogP contribution in [0.5, 0.6) is 0 Å². The number of hydrogen-bond acceptors (Lipinski definition) is 1. The third-order valence-electron chi connectivity index (χ3n) is 1.46. The summed E-state index contributed by atoms with van der Waals surface area (Å²) in [4.78, 5) is 0. The average molecular weight is 138 g/mol. The summed E-state index contributed by atoms with van der Waals surface area (Å²) in [5.74, 6) is 0. The molecule has 2 heteroatoms. The first-order valence-electron chi connectivity index (χ1n) is 3.37. The van der Waals surface area contributed by atoms with E-state index >= 15 is 0 Å². The molecule has 2 nitrogen and oxygen atoms in total. The molecule has 1 aromatic rings. The molecule has 1 atom stereocenters. The fourth-order valence-corrected chi connectivity index (χ4v) is 0.842. The molecule has 0 saturated carbocycles. The van der Waals surface area contributed by atoms with Gasteiger partial charge in [-0.15, -0.1) is 0 Å². The zero-order valence-corrected chi connectivity index (χ0v) is 5.83. The van der Waals surface area contributed by atoms with Gasteiger partial charge in [0.25, 0.3) is 0 Å². The summed E-state index contributed by atoms with van der Waals surface area (Å²) in [6.45, 7) is 0.532. The van der Waals surface area contributed by atoms with Gasteiger partial charge in [-0.3, -0.25) is 0 Å². The van der Waals surface area contributed by atoms with E-state index in [1.165, 1.54) is 0 Å². The Morgan fingerprint density at radius 1 is 1.30 bits per heavy atom. The average Bonchev–Trinajstić information content (AvgIpc) is 2.05. The van der Waals surface area contributed by atoms with Gasteiger partial charge in [0.2, 0.25) is 0 Å². The van der Waals surface area contributed by atoms with Gasteiger partial charge in [-0.05, 0) is 5.56 Å². The quantitative estimate of drug-likeness (QED) is 0.592. The van der Waals surface area contributed by atoms with Crippen LogP contribution >= 0.6 is 0 Å². The van der Waals surface area contributed by atoms with Gasteiger partial charge < -0.3 is 10.8 Å². The van der Waals surface area contributed by atoms with Gasteiger partial charge in [-0.2, -0.15) is 0 Å². The molecule has 10 heavy (non-hydrogen) atoms. The van der Waals surface area contributed by atoms with Crippen LogP contribution in [0, 0.1) is 0 Å². The Balaban J connectivity index is 2.75. The lowest BCUT2D eigenvalue weighted by atomic mass is 10.1. The molecule has 0 saturated heterocycles. The van der Waals surface area contributed by atoms with E-state index in [0.717, 1.165) is 5.56 Å². The molecule has 0 amide bonds. The highest BCUT2D eigenvalue weighted by Gasteiger charge is 2.03. The molecule has 0 heterocycles. The maximum atomic E-state index is 9.27. The van der Waals surface area contributed by atoms with Crippen molar-refractivity contribution in [2.75, 3.05) is 6.54 Å². The van der Waals surface area contributed by atoms with Crippen molar-refractivity contribution in [3.8, 4) is 0 Å². The summed E-state index contributed by atoms with van der Waals surface area (Å²) in [7, 11) is 0. The highest BCUT2D eigenvalue weighted by Crippen LogP contribution is 2.08. The first-order valence-corrected chi connectivity index (χ1v) is 3.37. The van der Waals surface area contributed by atoms with Crippen LogP contribution in [-0.4, -0.2) is 11.7 Å². The van der Waals surface area contributed by atoms with E-state index in [9.17, 15) is 5.11 Å². The normalized spacial score (nSPS) is 13.0. The first kappa shape index (κ1) is 7.25. The highest BCUT2D eigenvalue weighted by molar-refractivity contribution is 5.16. The first-order chi connectivity index (χ1) is 4.84. The van der Waals surface area contributed by atoms with E-state index in [4.69, 9.17) is 0 Å². The molecule has 0 fully saturated rings. The maximum absolute atomic E-state index is 9.27. The molecule has 0 radical (unpaired) electrons. The standard InChI is InChI=1S/C8H11NO/c9-6-8(10)7-4-2-1-3-5-7/h1-5,8,10H,6,9H2/p+1. The van der Waals surface area contributed by atoms with Gasteiger partial charge in [-0.25, -0.2) is 0 Å². The van der Waals surface area contributed by atoms with Gasteiger partial charge in [0.1, 0.15) is 12.6 Å². The minimum absolute atomic E-state index is 0.402. The summed E-state index contributed by atoms with van der Waals surface area (Å²) in [6.07, 6.45) is -0.402. The van der Waals surface area contributed by atoms with Crippen LogP contribution in [0.25, 0.3) is 0 Å². The Kier molecular flexibility index (Phi) is 2.42. The van der Waals surface area contributed by atoms with E-state index in [1.54, 1.807) is 0 Å². The van der Waals surface area contributed by atoms with Crippen molar-refractivity contribution < 1.29 is 10.8 Å². The third kappa shape index (κ3) is 1.56. The Hall–Kier alpha value is -0.860. The van der Waals surface area contributed by atoms with E-state index in [2.05, 4.69) is 5.73 Å². The van der Waals surface area contributed by atoms with Crippen molar-refractivity contribution >= 4 is 0 Å². The lowest BCUT2D eigenvalue weighted by Gasteiger charge is -2.03. The van der Waals surface area contributed by atoms with Gasteiger partial charge in [0, 0.05) is 0 Å². The van der Waals surface area contributed by atoms with Gasteiger partial charge >= 0.3 is 0 Å². The molecule has 4 N–H and O–H groups in total. The smallest absolute Gasteiger partial charge is 0.128 e. The molecular formula is C8H12NO+. The van der Waals surface area contributed by atoms with Gasteiger partial charge in [-0.1, -0.05) is 30.3 Å². The highest BCUT2D eigenvalue weighted by atomic mass is 16.3. The van der Waals surface area contributed by atoms with Crippen LogP contribution in [0.2, 0.25) is 0 Å². The summed E-state index contributed by atoms with van der Waals surface area (Å²) >= 11 is 0. The number of aliphatic hydroxyl groups excluding tert-OH is 1. The van der Waals surface area contributed by atoms with Crippen LogP contribution in [0.3, 0.4) is 0 Å². The number of benzene rings is 1. The Morgan fingerprint density at radius 2 is 1.90 bits per heavy atom. The molecule has 1 unspecified atom stereocenters. The predicted octanol–water partition coefficient (Wildman–Crippen LogP) is -0.0381. The molecule has 0 aromatic heterocycles. The van der Waals surface area contributed by atoms with Crippen LogP contribution in [0.1, 0.15) is 11.7 Å². The molecule has 54 valence electrons. The largest absolute Gasteiger partial charge is 0.382 e. The number of rotatable bonds is 2. The molecule has 0 bridgehead atoms. The van der Waals surface area contributed by atoms with Crippen molar-refractivity contribution in [1.82, 2.24) is 0 Å². The fourth-order valence-electron chi connectivity index (χ4n) is 0.842. The second-order valence-corrected chi connectivity index (χ2v) is 2.22. The second kappa shape index (κ2) is 3.34. The van der Waals surface area contributed by atoms with Crippen LogP contribution in [0.15, 0.2) is 30.3 Å². The molecular weight excluding hydrogens is 126 g/mol. The molecule has 0 aliphatic rings. The second-order valence-electron chi connectivity index (χ2n) is 2.22. The third-order valence-corrected chi connectivity index (χ3v) is 1.46. The van der Waals surface area contributed by atoms with E-state index in [1.807, 2.05) is 30.3 Å². The van der Waals surface area contributed by atoms with Crippen molar-refractivity contribution in [3.05, 3.63) is 35.9 Å². The molecule has 0 aliphatic heterocycles. The molecule has 1 rings (SSSR count). The minimum Gasteiger partial charge on any atom is -0.382 e. The zero-order valence-electron chi connectivity index (χ0n) is 5.83. The SMILES string of the molecule is [NH3+]CC(O)c1ccccc1. The Labute approximate surface area is 60.3 Å². The van der Waals surface area contributed by atoms with Crippen molar-refractivity contribution in [1.29, 1.82) is 0 Å². The topological polar surface area (TPSA) is 47.9 Å². The number of aliphatic hydroxyl groups is 1. The fraction of sp³-hybridized carbons (Fsp3) is 0.250. The summed E-state index contributed by atoms with van der Waals surface area (Å²) in [5, 5.41) is 9.27. The molecule has 0 spiro atoms. The van der Waals surface area contributed by atoms with Crippen LogP contribution in [-0.2, 0) is 0 Å². The zero-order chi connectivity index (χ0) is 7.40. The van der Waals surface area contributed by atoms with Crippen molar-refractivity contribution in [2.45, 2.75) is 6.10 Å². The maximum Gasteiger partial charge on any atom is 0.128 e. The van der Waals surface area contributed by atoms with Gasteiger partial charge in [0.15, 0.2) is 0 Å². The summed E-state index contributed by atoms with van der Waals surface area (Å²) in [5.41, 5.74) is 4.55. The summed E-state index contributed by atoms with van der Waals surface area (Å²) in [6, 6.07) is 9.55. The van der Waals surface area contributed by atoms with Gasteiger partial charge in [0.05, 0.1) is 0 Å². The summed E-state index contributed by atoms with van der Waals surface area (Å²) < 4.78 is 0. The van der Waals surface area contributed by atoms with Crippen molar-refractivity contribution in [2.24, 2.45) is 0 Å². The van der Waals surface area contributed by atoms with Crippen LogP contribution < -0.4 is 5.73 Å². The number of quaternary nitrogens is 1. The Morgan fingerprint density at radius 3 is 2.40 bits per heavy atom. The van der Waals surface area contributed by atoms with E-state index < -0.39 is 6.10 Å². The monoisotopic (exact) mass is 138 g/mol. The minimum atomic E-state index is -0.402.